The van der Waals surface area contributed by atoms with E-state index in [-0.39, 0.29) is 0 Å². The summed E-state index contributed by atoms with van der Waals surface area (Å²) in [6.45, 7) is 0. The molecular weight excluding hydrogens is 769 g/mol. The summed E-state index contributed by atoms with van der Waals surface area (Å²) in [4.78, 5) is 15.3. The zero-order valence-electron chi connectivity index (χ0n) is 34.0. The molecule has 5 heteroatoms. The van der Waals surface area contributed by atoms with Crippen molar-refractivity contribution in [3.05, 3.63) is 224 Å². The number of hydrogen-bond acceptors (Lipinski definition) is 5. The highest BCUT2D eigenvalue weighted by Crippen LogP contribution is 2.39. The molecule has 2 heterocycles. The van der Waals surface area contributed by atoms with Crippen molar-refractivity contribution in [2.75, 3.05) is 0 Å². The van der Waals surface area contributed by atoms with Gasteiger partial charge in [-0.2, -0.15) is 5.26 Å². The molecule has 5 nitrogen and oxygen atoms in total. The first-order valence-corrected chi connectivity index (χ1v) is 20.9. The molecule has 0 radical (unpaired) electrons. The Morgan fingerprint density at radius 2 is 0.746 bits per heavy atom. The number of benzene rings is 9. The van der Waals surface area contributed by atoms with Gasteiger partial charge in [-0.25, -0.2) is 15.0 Å². The van der Waals surface area contributed by atoms with Crippen molar-refractivity contribution in [1.29, 1.82) is 5.26 Å². The molecule has 0 fully saturated rings. The van der Waals surface area contributed by atoms with Crippen molar-refractivity contribution < 1.29 is 4.42 Å². The number of hydrogen-bond donors (Lipinski definition) is 0. The van der Waals surface area contributed by atoms with Gasteiger partial charge in [-0.15, -0.1) is 0 Å². The Kier molecular flexibility index (Phi) is 9.50. The maximum absolute atomic E-state index is 9.60. The van der Waals surface area contributed by atoms with Crippen LogP contribution in [0.15, 0.2) is 223 Å². The molecule has 0 spiro atoms. The highest BCUT2D eigenvalue weighted by Gasteiger charge is 2.18. The Bertz CT molecular complexity index is 3510. The summed E-state index contributed by atoms with van der Waals surface area (Å²) in [6.07, 6.45) is 0. The second-order valence-electron chi connectivity index (χ2n) is 15.5. The van der Waals surface area contributed by atoms with Gasteiger partial charge in [0.1, 0.15) is 11.2 Å². The first-order chi connectivity index (χ1) is 31.1. The molecule has 63 heavy (non-hydrogen) atoms. The van der Waals surface area contributed by atoms with E-state index in [0.717, 1.165) is 77.6 Å². The lowest BCUT2D eigenvalue weighted by molar-refractivity contribution is 0.669. The van der Waals surface area contributed by atoms with Crippen LogP contribution in [0.2, 0.25) is 0 Å². The van der Waals surface area contributed by atoms with Crippen LogP contribution in [0, 0.1) is 11.3 Å². The van der Waals surface area contributed by atoms with Crippen LogP contribution in [0.3, 0.4) is 0 Å². The molecule has 0 saturated heterocycles. The van der Waals surface area contributed by atoms with Crippen LogP contribution >= 0.6 is 0 Å². The third-order valence-corrected chi connectivity index (χ3v) is 11.6. The lowest BCUT2D eigenvalue weighted by Crippen LogP contribution is -2.00. The van der Waals surface area contributed by atoms with Crippen LogP contribution in [-0.4, -0.2) is 15.0 Å². The Labute approximate surface area is 364 Å². The number of fused-ring (bicyclic) bond motifs is 3. The van der Waals surface area contributed by atoms with E-state index in [2.05, 4.69) is 158 Å². The summed E-state index contributed by atoms with van der Waals surface area (Å²) in [5, 5.41) is 11.7. The van der Waals surface area contributed by atoms with Crippen molar-refractivity contribution >= 4 is 21.9 Å². The minimum atomic E-state index is 0.532. The van der Waals surface area contributed by atoms with Gasteiger partial charge < -0.3 is 4.42 Å². The summed E-state index contributed by atoms with van der Waals surface area (Å²) < 4.78 is 6.60. The minimum absolute atomic E-state index is 0.532. The molecule has 0 saturated carbocycles. The van der Waals surface area contributed by atoms with Gasteiger partial charge in [0, 0.05) is 27.5 Å². The second kappa shape index (κ2) is 16.0. The molecule has 0 bridgehead atoms. The summed E-state index contributed by atoms with van der Waals surface area (Å²) in [6, 6.07) is 77.0. The molecule has 11 rings (SSSR count). The molecule has 0 aliphatic rings. The Hall–Kier alpha value is -8.72. The first-order valence-electron chi connectivity index (χ1n) is 20.9. The quantitative estimate of drug-likeness (QED) is 0.153. The number of nitrogens with zero attached hydrogens (tertiary/aromatic N) is 4. The van der Waals surface area contributed by atoms with Crippen LogP contribution in [0.4, 0.5) is 0 Å². The van der Waals surface area contributed by atoms with Crippen LogP contribution in [0.25, 0.3) is 112 Å². The van der Waals surface area contributed by atoms with Gasteiger partial charge in [-0.1, -0.05) is 170 Å². The third kappa shape index (κ3) is 7.33. The highest BCUT2D eigenvalue weighted by atomic mass is 16.3. The maximum atomic E-state index is 9.60. The van der Waals surface area contributed by atoms with Crippen molar-refractivity contribution in [2.24, 2.45) is 0 Å². The van der Waals surface area contributed by atoms with E-state index in [1.165, 1.54) is 16.7 Å². The standard InChI is InChI=1S/C58H36N4O/c59-37-38-12-7-17-43(32-38)47-21-10-23-49(35-47)57-60-56(42-28-26-41(27-29-42)45-19-8-18-44(33-45)39-13-3-1-4-14-39)61-58(62-57)50-30-31-52-54(36-50)63-53-25-11-24-51(55(52)53)48-22-9-20-46(34-48)40-15-5-2-6-16-40/h1-36H. The number of aromatic nitrogens is 3. The lowest BCUT2D eigenvalue weighted by Gasteiger charge is -2.11. The van der Waals surface area contributed by atoms with E-state index >= 15 is 0 Å². The molecule has 9 aromatic carbocycles. The zero-order chi connectivity index (χ0) is 42.1. The number of rotatable bonds is 8. The van der Waals surface area contributed by atoms with Crippen molar-refractivity contribution in [3.8, 4) is 95.9 Å². The normalized spacial score (nSPS) is 11.2. The van der Waals surface area contributed by atoms with Crippen LogP contribution in [0.5, 0.6) is 0 Å². The number of furan rings is 1. The Morgan fingerprint density at radius 1 is 0.317 bits per heavy atom. The van der Waals surface area contributed by atoms with Gasteiger partial charge in [0.15, 0.2) is 17.5 Å². The van der Waals surface area contributed by atoms with Crippen LogP contribution < -0.4 is 0 Å². The Balaban J connectivity index is 1.01. The van der Waals surface area contributed by atoms with Crippen LogP contribution in [0.1, 0.15) is 5.56 Å². The van der Waals surface area contributed by atoms with Crippen LogP contribution in [-0.2, 0) is 0 Å². The predicted octanol–water partition coefficient (Wildman–Crippen LogP) is 15.0. The van der Waals surface area contributed by atoms with Gasteiger partial charge in [-0.05, 0) is 104 Å². The predicted molar refractivity (Wildman–Crippen MR) is 255 cm³/mol. The van der Waals surface area contributed by atoms with E-state index in [0.29, 0.717) is 23.0 Å². The van der Waals surface area contributed by atoms with E-state index < -0.39 is 0 Å². The smallest absolute Gasteiger partial charge is 0.164 e. The summed E-state index contributed by atoms with van der Waals surface area (Å²) >= 11 is 0. The summed E-state index contributed by atoms with van der Waals surface area (Å²) in [5.74, 6) is 1.63. The van der Waals surface area contributed by atoms with Crippen molar-refractivity contribution in [1.82, 2.24) is 15.0 Å². The van der Waals surface area contributed by atoms with E-state index in [1.807, 2.05) is 66.7 Å². The topological polar surface area (TPSA) is 75.6 Å². The molecule has 0 unspecified atom stereocenters. The zero-order valence-corrected chi connectivity index (χ0v) is 34.0. The van der Waals surface area contributed by atoms with Gasteiger partial charge in [0.05, 0.1) is 11.6 Å². The molecule has 0 aliphatic carbocycles. The molecule has 0 N–H and O–H groups in total. The van der Waals surface area contributed by atoms with Gasteiger partial charge >= 0.3 is 0 Å². The van der Waals surface area contributed by atoms with Gasteiger partial charge in [0.25, 0.3) is 0 Å². The van der Waals surface area contributed by atoms with Gasteiger partial charge in [-0.3, -0.25) is 0 Å². The lowest BCUT2D eigenvalue weighted by atomic mass is 9.96. The molecule has 11 aromatic rings. The molecule has 294 valence electrons. The SMILES string of the molecule is N#Cc1cccc(-c2cccc(-c3nc(-c4ccc(-c5cccc(-c6ccccc6)c5)cc4)nc(-c4ccc5c(c4)oc4cccc(-c6cccc(-c7ccccc7)c6)c45)n3)c2)c1. The van der Waals surface area contributed by atoms with E-state index in [4.69, 9.17) is 19.4 Å². The van der Waals surface area contributed by atoms with E-state index in [9.17, 15) is 5.26 Å². The van der Waals surface area contributed by atoms with Crippen molar-refractivity contribution in [3.63, 3.8) is 0 Å². The molecule has 2 aromatic heterocycles. The molecule has 0 atom stereocenters. The summed E-state index contributed by atoms with van der Waals surface area (Å²) in [7, 11) is 0. The maximum Gasteiger partial charge on any atom is 0.164 e. The average molecular weight is 805 g/mol. The minimum Gasteiger partial charge on any atom is -0.456 e. The molecule has 0 amide bonds. The number of nitriles is 1. The molecule has 0 aliphatic heterocycles. The average Bonchev–Trinajstić information content (AvgIpc) is 3.75. The third-order valence-electron chi connectivity index (χ3n) is 11.6. The van der Waals surface area contributed by atoms with Crippen molar-refractivity contribution in [2.45, 2.75) is 0 Å². The fourth-order valence-electron chi connectivity index (χ4n) is 8.39. The fourth-order valence-corrected chi connectivity index (χ4v) is 8.39. The summed E-state index contributed by atoms with van der Waals surface area (Å²) in [5.41, 5.74) is 15.7. The highest BCUT2D eigenvalue weighted by molar-refractivity contribution is 6.13. The largest absolute Gasteiger partial charge is 0.456 e. The first kappa shape index (κ1) is 37.3. The molecular formula is C58H36N4O. The van der Waals surface area contributed by atoms with E-state index in [1.54, 1.807) is 0 Å². The second-order valence-corrected chi connectivity index (χ2v) is 15.5. The fraction of sp³-hybridized carbons (Fsp3) is 0. The Morgan fingerprint density at radius 3 is 1.38 bits per heavy atom. The monoisotopic (exact) mass is 804 g/mol. The van der Waals surface area contributed by atoms with Gasteiger partial charge in [0.2, 0.25) is 0 Å².